The van der Waals surface area contributed by atoms with Gasteiger partial charge in [0.05, 0.1) is 7.11 Å². The maximum absolute atomic E-state index is 12.0. The third-order valence-corrected chi connectivity index (χ3v) is 4.79. The van der Waals surface area contributed by atoms with Crippen LogP contribution in [-0.4, -0.2) is 49.7 Å². The van der Waals surface area contributed by atoms with Gasteiger partial charge in [-0.2, -0.15) is 0 Å². The second-order valence-electron chi connectivity index (χ2n) is 6.63. The van der Waals surface area contributed by atoms with Crippen LogP contribution in [0.25, 0.3) is 0 Å². The zero-order valence-corrected chi connectivity index (χ0v) is 14.4. The van der Waals surface area contributed by atoms with Gasteiger partial charge in [0.25, 0.3) is 0 Å². The van der Waals surface area contributed by atoms with Crippen LogP contribution in [0, 0.1) is 0 Å². The van der Waals surface area contributed by atoms with Crippen molar-refractivity contribution in [2.45, 2.75) is 76.8 Å². The monoisotopic (exact) mass is 298 g/mol. The number of nitrogens with one attached hydrogen (secondary N) is 1. The van der Waals surface area contributed by atoms with Crippen molar-refractivity contribution in [3.05, 3.63) is 0 Å². The normalized spacial score (nSPS) is 18.9. The molecule has 1 N–H and O–H groups in total. The van der Waals surface area contributed by atoms with Gasteiger partial charge in [-0.25, -0.2) is 0 Å². The molecule has 0 bridgehead atoms. The molecule has 1 saturated carbocycles. The van der Waals surface area contributed by atoms with E-state index in [2.05, 4.69) is 24.2 Å². The van der Waals surface area contributed by atoms with E-state index in [9.17, 15) is 4.79 Å². The Hall–Kier alpha value is -0.610. The van der Waals surface area contributed by atoms with Gasteiger partial charge < -0.3 is 15.0 Å². The van der Waals surface area contributed by atoms with E-state index < -0.39 is 5.54 Å². The van der Waals surface area contributed by atoms with E-state index in [1.54, 1.807) is 0 Å². The summed E-state index contributed by atoms with van der Waals surface area (Å²) < 4.78 is 4.96. The molecule has 1 fully saturated rings. The van der Waals surface area contributed by atoms with Crippen LogP contribution in [0.1, 0.15) is 65.2 Å². The van der Waals surface area contributed by atoms with Crippen molar-refractivity contribution in [2.24, 2.45) is 0 Å². The summed E-state index contributed by atoms with van der Waals surface area (Å²) in [5.74, 6) is -0.139. The van der Waals surface area contributed by atoms with Crippen LogP contribution in [0.5, 0.6) is 0 Å². The molecule has 0 aromatic carbocycles. The van der Waals surface area contributed by atoms with Crippen molar-refractivity contribution >= 4 is 5.97 Å². The molecule has 0 amide bonds. The number of hydrogen-bond donors (Lipinski definition) is 1. The maximum atomic E-state index is 12.0. The molecule has 0 spiro atoms. The highest BCUT2D eigenvalue weighted by Gasteiger charge is 2.32. The Morgan fingerprint density at radius 3 is 2.57 bits per heavy atom. The second kappa shape index (κ2) is 9.42. The molecule has 1 unspecified atom stereocenters. The Bertz CT molecular complexity index is 303. The summed E-state index contributed by atoms with van der Waals surface area (Å²) in [6, 6.07) is 0.787. The number of carbonyl (C=O) groups is 1. The molecule has 0 aliphatic heterocycles. The topological polar surface area (TPSA) is 41.6 Å². The van der Waals surface area contributed by atoms with Crippen molar-refractivity contribution in [3.63, 3.8) is 0 Å². The lowest BCUT2D eigenvalue weighted by Gasteiger charge is -2.29. The van der Waals surface area contributed by atoms with Gasteiger partial charge in [-0.1, -0.05) is 19.8 Å². The molecule has 4 nitrogen and oxygen atoms in total. The van der Waals surface area contributed by atoms with Crippen LogP contribution in [0.3, 0.4) is 0 Å². The lowest BCUT2D eigenvalue weighted by molar-refractivity contribution is -0.148. The van der Waals surface area contributed by atoms with Gasteiger partial charge in [-0.3, -0.25) is 4.79 Å². The van der Waals surface area contributed by atoms with E-state index in [0.717, 1.165) is 44.8 Å². The number of unbranched alkanes of at least 4 members (excludes halogenated alkanes) is 1. The fourth-order valence-corrected chi connectivity index (χ4v) is 3.26. The van der Waals surface area contributed by atoms with Gasteiger partial charge in [0.15, 0.2) is 0 Å². The second-order valence-corrected chi connectivity index (χ2v) is 6.63. The highest BCUT2D eigenvalue weighted by molar-refractivity contribution is 5.80. The first kappa shape index (κ1) is 18.4. The first-order chi connectivity index (χ1) is 10.0. The minimum absolute atomic E-state index is 0.139. The Kier molecular flexibility index (Phi) is 8.27. The van der Waals surface area contributed by atoms with E-state index in [1.165, 1.54) is 32.8 Å². The predicted molar refractivity (Wildman–Crippen MR) is 87.5 cm³/mol. The summed E-state index contributed by atoms with van der Waals surface area (Å²) in [4.78, 5) is 14.5. The molecule has 1 aliphatic rings. The van der Waals surface area contributed by atoms with Crippen molar-refractivity contribution < 1.29 is 9.53 Å². The number of ether oxygens (including phenoxy) is 1. The molecule has 0 saturated heterocycles. The summed E-state index contributed by atoms with van der Waals surface area (Å²) in [5.41, 5.74) is -0.531. The number of methoxy groups -OCH3 is 1. The maximum Gasteiger partial charge on any atom is 0.325 e. The molecule has 0 aromatic rings. The van der Waals surface area contributed by atoms with E-state index >= 15 is 0 Å². The summed E-state index contributed by atoms with van der Waals surface area (Å²) in [7, 11) is 3.72. The highest BCUT2D eigenvalue weighted by Crippen LogP contribution is 2.23. The van der Waals surface area contributed by atoms with E-state index in [-0.39, 0.29) is 5.97 Å². The zero-order chi connectivity index (χ0) is 15.7. The zero-order valence-electron chi connectivity index (χ0n) is 14.4. The number of esters is 1. The standard InChI is InChI=1S/C17H34N2O2/c1-5-13-18-17(2,16(20)21-4)12-8-9-14-19(3)15-10-6-7-11-15/h15,18H,5-14H2,1-4H3. The van der Waals surface area contributed by atoms with Crippen molar-refractivity contribution in [1.82, 2.24) is 10.2 Å². The fraction of sp³-hybridized carbons (Fsp3) is 0.941. The largest absolute Gasteiger partial charge is 0.468 e. The summed E-state index contributed by atoms with van der Waals surface area (Å²) >= 11 is 0. The lowest BCUT2D eigenvalue weighted by Crippen LogP contribution is -2.50. The smallest absolute Gasteiger partial charge is 0.325 e. The van der Waals surface area contributed by atoms with Gasteiger partial charge in [-0.05, 0) is 65.6 Å². The minimum atomic E-state index is -0.531. The van der Waals surface area contributed by atoms with Crippen LogP contribution < -0.4 is 5.32 Å². The van der Waals surface area contributed by atoms with Gasteiger partial charge in [0, 0.05) is 6.04 Å². The third-order valence-electron chi connectivity index (χ3n) is 4.79. The fourth-order valence-electron chi connectivity index (χ4n) is 3.26. The van der Waals surface area contributed by atoms with E-state index in [0.29, 0.717) is 0 Å². The van der Waals surface area contributed by atoms with Crippen LogP contribution in [0.15, 0.2) is 0 Å². The molecule has 0 radical (unpaired) electrons. The molecule has 1 rings (SSSR count). The Balaban J connectivity index is 2.30. The molecule has 1 aliphatic carbocycles. The van der Waals surface area contributed by atoms with Gasteiger partial charge in [0.2, 0.25) is 0 Å². The number of nitrogens with zero attached hydrogens (tertiary/aromatic N) is 1. The average molecular weight is 298 g/mol. The SMILES string of the molecule is CCCNC(C)(CCCCN(C)C1CCCC1)C(=O)OC. The van der Waals surface area contributed by atoms with Gasteiger partial charge in [0.1, 0.15) is 5.54 Å². The summed E-state index contributed by atoms with van der Waals surface area (Å²) in [6.07, 6.45) is 9.55. The molecule has 0 heterocycles. The molecule has 124 valence electrons. The first-order valence-electron chi connectivity index (χ1n) is 8.57. The Morgan fingerprint density at radius 1 is 1.33 bits per heavy atom. The molecular formula is C17H34N2O2. The molecular weight excluding hydrogens is 264 g/mol. The molecule has 0 aromatic heterocycles. The molecule has 21 heavy (non-hydrogen) atoms. The first-order valence-corrected chi connectivity index (χ1v) is 8.57. The van der Waals surface area contributed by atoms with Crippen molar-refractivity contribution in [2.75, 3.05) is 27.2 Å². The quantitative estimate of drug-likeness (QED) is 0.497. The number of carbonyl (C=O) groups excluding carboxylic acids is 1. The van der Waals surface area contributed by atoms with Gasteiger partial charge >= 0.3 is 5.97 Å². The summed E-state index contributed by atoms with van der Waals surface area (Å²) in [5, 5.41) is 3.35. The van der Waals surface area contributed by atoms with Crippen LogP contribution >= 0.6 is 0 Å². The third kappa shape index (κ3) is 5.95. The van der Waals surface area contributed by atoms with Crippen molar-refractivity contribution in [1.29, 1.82) is 0 Å². The van der Waals surface area contributed by atoms with Gasteiger partial charge in [-0.15, -0.1) is 0 Å². The van der Waals surface area contributed by atoms with Crippen molar-refractivity contribution in [3.8, 4) is 0 Å². The lowest BCUT2D eigenvalue weighted by atomic mass is 9.94. The van der Waals surface area contributed by atoms with Crippen LogP contribution in [0.4, 0.5) is 0 Å². The summed E-state index contributed by atoms with van der Waals surface area (Å²) in [6.45, 7) is 6.07. The highest BCUT2D eigenvalue weighted by atomic mass is 16.5. The Morgan fingerprint density at radius 2 is 2.00 bits per heavy atom. The molecule has 1 atom stereocenters. The van der Waals surface area contributed by atoms with E-state index in [1.807, 2.05) is 6.92 Å². The minimum Gasteiger partial charge on any atom is -0.468 e. The number of hydrogen-bond acceptors (Lipinski definition) is 4. The predicted octanol–water partition coefficient (Wildman–Crippen LogP) is 2.96. The van der Waals surface area contributed by atoms with Crippen LogP contribution in [-0.2, 0) is 9.53 Å². The Labute approximate surface area is 130 Å². The van der Waals surface area contributed by atoms with Crippen LogP contribution in [0.2, 0.25) is 0 Å². The van der Waals surface area contributed by atoms with E-state index in [4.69, 9.17) is 4.74 Å². The number of rotatable bonds is 10. The molecule has 4 heteroatoms. The average Bonchev–Trinajstić information content (AvgIpc) is 3.02.